The second-order valence-electron chi connectivity index (χ2n) is 8.14. The van der Waals surface area contributed by atoms with E-state index in [1.807, 2.05) is 31.2 Å². The Balaban J connectivity index is 1.76. The molecule has 0 saturated carbocycles. The number of halogens is 3. The Morgan fingerprint density at radius 3 is 2.03 bits per heavy atom. The number of benzene rings is 3. The van der Waals surface area contributed by atoms with Crippen molar-refractivity contribution in [1.29, 1.82) is 0 Å². The molecule has 0 N–H and O–H groups in total. The van der Waals surface area contributed by atoms with Gasteiger partial charge in [0.05, 0.1) is 6.61 Å². The molecule has 0 amide bonds. The van der Waals surface area contributed by atoms with Crippen molar-refractivity contribution in [3.05, 3.63) is 77.6 Å². The molecule has 3 aromatic rings. The lowest BCUT2D eigenvalue weighted by Crippen LogP contribution is -2.01. The molecule has 0 saturated heterocycles. The number of aryl methyl sites for hydroxylation is 1. The molecule has 3 aromatic carbocycles. The average Bonchev–Trinajstić information content (AvgIpc) is 2.80. The second-order valence-corrected chi connectivity index (χ2v) is 8.14. The third-order valence-corrected chi connectivity index (χ3v) is 5.67. The van der Waals surface area contributed by atoms with Crippen molar-refractivity contribution < 1.29 is 17.9 Å². The van der Waals surface area contributed by atoms with Crippen LogP contribution >= 0.6 is 0 Å². The maximum absolute atomic E-state index is 14.9. The standard InChI is InChI=1S/C28H31F3O/c1-3-5-7-8-9-20-10-12-21(13-11-20)23-15-14-22(19-25(23)29)24-16-17-26(28(31)27(24)30)32-18-6-4-2/h10-17,19H,3-9,18H2,1-2H3. The SMILES string of the molecule is CCCCCCc1ccc(-c2ccc(-c3ccc(OCCCC)c(F)c3F)cc2F)cc1. The molecule has 3 rings (SSSR count). The summed E-state index contributed by atoms with van der Waals surface area (Å²) in [6, 6.07) is 15.2. The van der Waals surface area contributed by atoms with E-state index in [0.717, 1.165) is 31.2 Å². The fourth-order valence-electron chi connectivity index (χ4n) is 3.72. The topological polar surface area (TPSA) is 9.23 Å². The molecule has 0 unspecified atom stereocenters. The molecule has 0 atom stereocenters. The van der Waals surface area contributed by atoms with Crippen LogP contribution in [-0.2, 0) is 6.42 Å². The first-order valence-corrected chi connectivity index (χ1v) is 11.5. The molecular weight excluding hydrogens is 409 g/mol. The van der Waals surface area contributed by atoms with Gasteiger partial charge in [-0.25, -0.2) is 8.78 Å². The molecule has 0 aliphatic heterocycles. The van der Waals surface area contributed by atoms with E-state index in [0.29, 0.717) is 12.2 Å². The molecule has 1 nitrogen and oxygen atoms in total. The Hall–Kier alpha value is -2.75. The third-order valence-electron chi connectivity index (χ3n) is 5.67. The fourth-order valence-corrected chi connectivity index (χ4v) is 3.72. The van der Waals surface area contributed by atoms with E-state index < -0.39 is 17.5 Å². The summed E-state index contributed by atoms with van der Waals surface area (Å²) < 4.78 is 49.2. The van der Waals surface area contributed by atoms with Crippen LogP contribution in [0.2, 0.25) is 0 Å². The predicted octanol–water partition coefficient (Wildman–Crippen LogP) is 8.74. The van der Waals surface area contributed by atoms with E-state index in [2.05, 4.69) is 6.92 Å². The number of hydrogen-bond acceptors (Lipinski definition) is 1. The lowest BCUT2D eigenvalue weighted by molar-refractivity contribution is 0.289. The van der Waals surface area contributed by atoms with Crippen molar-refractivity contribution in [2.24, 2.45) is 0 Å². The van der Waals surface area contributed by atoms with Crippen LogP contribution in [0, 0.1) is 17.5 Å². The Morgan fingerprint density at radius 1 is 0.656 bits per heavy atom. The number of hydrogen-bond donors (Lipinski definition) is 0. The fraction of sp³-hybridized carbons (Fsp3) is 0.357. The molecule has 0 fully saturated rings. The van der Waals surface area contributed by atoms with Gasteiger partial charge < -0.3 is 4.74 Å². The molecular formula is C28H31F3O. The lowest BCUT2D eigenvalue weighted by atomic mass is 9.97. The number of rotatable bonds is 11. The zero-order chi connectivity index (χ0) is 22.9. The molecule has 0 aliphatic rings. The van der Waals surface area contributed by atoms with E-state index in [1.165, 1.54) is 43.0 Å². The van der Waals surface area contributed by atoms with Gasteiger partial charge in [0.15, 0.2) is 11.6 Å². The summed E-state index contributed by atoms with van der Waals surface area (Å²) in [7, 11) is 0. The van der Waals surface area contributed by atoms with Crippen molar-refractivity contribution in [2.75, 3.05) is 6.61 Å². The van der Waals surface area contributed by atoms with Crippen LogP contribution in [0.25, 0.3) is 22.3 Å². The minimum atomic E-state index is -1.04. The van der Waals surface area contributed by atoms with Gasteiger partial charge >= 0.3 is 0 Å². The van der Waals surface area contributed by atoms with Crippen LogP contribution < -0.4 is 4.74 Å². The Labute approximate surface area is 189 Å². The van der Waals surface area contributed by atoms with E-state index in [1.54, 1.807) is 12.1 Å². The smallest absolute Gasteiger partial charge is 0.201 e. The highest BCUT2D eigenvalue weighted by atomic mass is 19.2. The van der Waals surface area contributed by atoms with Crippen LogP contribution in [0.15, 0.2) is 54.6 Å². The minimum absolute atomic E-state index is 0.0122. The zero-order valence-corrected chi connectivity index (χ0v) is 18.9. The molecule has 170 valence electrons. The quantitative estimate of drug-likeness (QED) is 0.271. The molecule has 0 aromatic heterocycles. The first-order chi connectivity index (χ1) is 15.5. The highest BCUT2D eigenvalue weighted by Gasteiger charge is 2.17. The maximum Gasteiger partial charge on any atom is 0.201 e. The van der Waals surface area contributed by atoms with E-state index >= 15 is 0 Å². The molecule has 0 radical (unpaired) electrons. The van der Waals surface area contributed by atoms with Crippen molar-refractivity contribution in [1.82, 2.24) is 0 Å². The summed E-state index contributed by atoms with van der Waals surface area (Å²) in [5.74, 6) is -2.66. The number of ether oxygens (including phenoxy) is 1. The lowest BCUT2D eigenvalue weighted by Gasteiger charge is -2.12. The summed E-state index contributed by atoms with van der Waals surface area (Å²) in [6.07, 6.45) is 7.50. The van der Waals surface area contributed by atoms with Gasteiger partial charge in [-0.15, -0.1) is 0 Å². The van der Waals surface area contributed by atoms with Crippen LogP contribution in [0.1, 0.15) is 57.9 Å². The van der Waals surface area contributed by atoms with E-state index in [9.17, 15) is 13.2 Å². The summed E-state index contributed by atoms with van der Waals surface area (Å²) in [5.41, 5.74) is 2.73. The number of unbranched alkanes of at least 4 members (excludes halogenated alkanes) is 4. The zero-order valence-electron chi connectivity index (χ0n) is 18.9. The van der Waals surface area contributed by atoms with Crippen molar-refractivity contribution >= 4 is 0 Å². The van der Waals surface area contributed by atoms with Crippen LogP contribution in [-0.4, -0.2) is 6.61 Å². The molecule has 0 heterocycles. The van der Waals surface area contributed by atoms with Crippen LogP contribution in [0.4, 0.5) is 13.2 Å². The van der Waals surface area contributed by atoms with Gasteiger partial charge in [0.25, 0.3) is 0 Å². The van der Waals surface area contributed by atoms with Gasteiger partial charge in [0.1, 0.15) is 5.82 Å². The summed E-state index contributed by atoms with van der Waals surface area (Å²) >= 11 is 0. The van der Waals surface area contributed by atoms with Crippen molar-refractivity contribution in [3.8, 4) is 28.0 Å². The molecule has 0 spiro atoms. The normalized spacial score (nSPS) is 11.0. The summed E-state index contributed by atoms with van der Waals surface area (Å²) in [5, 5.41) is 0. The first kappa shape index (κ1) is 23.9. The Bertz CT molecular complexity index is 1010. The second kappa shape index (κ2) is 11.8. The highest BCUT2D eigenvalue weighted by Crippen LogP contribution is 2.33. The Morgan fingerprint density at radius 2 is 1.34 bits per heavy atom. The Kier molecular flexibility index (Phi) is 8.78. The largest absolute Gasteiger partial charge is 0.490 e. The van der Waals surface area contributed by atoms with Crippen LogP contribution in [0.5, 0.6) is 5.75 Å². The summed E-state index contributed by atoms with van der Waals surface area (Å²) in [4.78, 5) is 0. The predicted molar refractivity (Wildman–Crippen MR) is 125 cm³/mol. The molecule has 0 aliphatic carbocycles. The maximum atomic E-state index is 14.9. The average molecular weight is 441 g/mol. The van der Waals surface area contributed by atoms with Gasteiger partial charge in [-0.3, -0.25) is 0 Å². The third kappa shape index (κ3) is 5.93. The van der Waals surface area contributed by atoms with E-state index in [4.69, 9.17) is 4.74 Å². The first-order valence-electron chi connectivity index (χ1n) is 11.5. The minimum Gasteiger partial charge on any atom is -0.490 e. The monoisotopic (exact) mass is 440 g/mol. The van der Waals surface area contributed by atoms with E-state index in [-0.39, 0.29) is 16.9 Å². The van der Waals surface area contributed by atoms with Gasteiger partial charge in [0.2, 0.25) is 5.82 Å². The van der Waals surface area contributed by atoms with Crippen molar-refractivity contribution in [2.45, 2.75) is 58.8 Å². The van der Waals surface area contributed by atoms with Crippen LogP contribution in [0.3, 0.4) is 0 Å². The molecule has 4 heteroatoms. The summed E-state index contributed by atoms with van der Waals surface area (Å²) in [6.45, 7) is 4.51. The van der Waals surface area contributed by atoms with Crippen molar-refractivity contribution in [3.63, 3.8) is 0 Å². The van der Waals surface area contributed by atoms with Gasteiger partial charge in [-0.2, -0.15) is 4.39 Å². The molecule has 0 bridgehead atoms. The van der Waals surface area contributed by atoms with Gasteiger partial charge in [-0.05, 0) is 54.2 Å². The molecule has 32 heavy (non-hydrogen) atoms. The van der Waals surface area contributed by atoms with Gasteiger partial charge in [-0.1, -0.05) is 75.9 Å². The highest BCUT2D eigenvalue weighted by molar-refractivity contribution is 5.72. The van der Waals surface area contributed by atoms with Gasteiger partial charge in [0, 0.05) is 11.1 Å².